The van der Waals surface area contributed by atoms with Crippen LogP contribution in [0.1, 0.15) is 27.7 Å². The molecule has 40 heavy (non-hydrogen) atoms. The zero-order valence-electron chi connectivity index (χ0n) is 23.5. The van der Waals surface area contributed by atoms with Crippen molar-refractivity contribution in [1.82, 2.24) is 14.9 Å². The van der Waals surface area contributed by atoms with Crippen LogP contribution in [0.25, 0.3) is 22.0 Å². The van der Waals surface area contributed by atoms with Crippen molar-refractivity contribution in [3.63, 3.8) is 0 Å². The van der Waals surface area contributed by atoms with Crippen molar-refractivity contribution in [1.29, 1.82) is 0 Å². The summed E-state index contributed by atoms with van der Waals surface area (Å²) in [5, 5.41) is 9.83. The first-order valence-corrected chi connectivity index (χ1v) is 15.1. The summed E-state index contributed by atoms with van der Waals surface area (Å²) in [5.74, 6) is 0.512. The fraction of sp³-hybridized carbons (Fsp3) is 0.333. The van der Waals surface area contributed by atoms with Gasteiger partial charge in [-0.2, -0.15) is 8.42 Å². The van der Waals surface area contributed by atoms with Gasteiger partial charge in [0, 0.05) is 60.2 Å². The fourth-order valence-electron chi connectivity index (χ4n) is 5.27. The van der Waals surface area contributed by atoms with Gasteiger partial charge < -0.3 is 15.1 Å². The molecule has 1 aliphatic heterocycles. The molecule has 1 aliphatic rings. The zero-order valence-corrected chi connectivity index (χ0v) is 24.3. The van der Waals surface area contributed by atoms with Gasteiger partial charge >= 0.3 is 0 Å². The largest absolute Gasteiger partial charge is 0.369 e. The van der Waals surface area contributed by atoms with E-state index in [1.807, 2.05) is 63.4 Å². The van der Waals surface area contributed by atoms with Crippen LogP contribution in [-0.2, 0) is 10.2 Å². The second kappa shape index (κ2) is 11.0. The smallest absolute Gasteiger partial charge is 0.299 e. The maximum absolute atomic E-state index is 12.3. The predicted octanol–water partition coefficient (Wildman–Crippen LogP) is 4.99. The van der Waals surface area contributed by atoms with E-state index >= 15 is 0 Å². The number of nitrogens with two attached hydrogens (primary N) is 1. The molecule has 2 heterocycles. The highest BCUT2D eigenvalue weighted by molar-refractivity contribution is 7.90. The minimum atomic E-state index is -3.94. The van der Waals surface area contributed by atoms with Crippen molar-refractivity contribution in [2.75, 3.05) is 47.2 Å². The molecule has 1 aromatic heterocycles. The quantitative estimate of drug-likeness (QED) is 0.328. The number of nitrogens with zero attached hydrogens (tertiary/aromatic N) is 5. The Bertz CT molecular complexity index is 1590. The Kier molecular flexibility index (Phi) is 7.67. The number of hydrogen-bond donors (Lipinski definition) is 2. The lowest BCUT2D eigenvalue weighted by atomic mass is 10.0. The molecule has 0 amide bonds. The van der Waals surface area contributed by atoms with Gasteiger partial charge in [0.05, 0.1) is 11.2 Å². The molecule has 0 radical (unpaired) electrons. The van der Waals surface area contributed by atoms with E-state index in [1.165, 1.54) is 9.99 Å². The number of aromatic nitrogens is 2. The van der Waals surface area contributed by atoms with Crippen molar-refractivity contribution < 1.29 is 8.42 Å². The molecule has 1 fully saturated rings. The standard InChI is InChI=1S/C30H37N7O2S/c1-5-35-16-18-36(19-17-35)26-10-7-9-24(20-26)33-29-32-21-23-8-6-11-27(28(23)34-29)22-12-14-25(15-13-22)37(30(2,3)4)40(31,38)39/h6-15,20-21H,5,16-19H2,1-4H3,(H2,31,38,39)(H,32,33,34). The van der Waals surface area contributed by atoms with Gasteiger partial charge in [-0.1, -0.05) is 43.3 Å². The third-order valence-corrected chi connectivity index (χ3v) is 8.44. The molecule has 0 unspecified atom stereocenters. The van der Waals surface area contributed by atoms with E-state index in [4.69, 9.17) is 10.1 Å². The number of benzene rings is 3. The van der Waals surface area contributed by atoms with Crippen molar-refractivity contribution in [2.24, 2.45) is 5.14 Å². The number of piperazine rings is 1. The summed E-state index contributed by atoms with van der Waals surface area (Å²) in [5.41, 5.74) is 4.56. The first-order chi connectivity index (χ1) is 19.0. The van der Waals surface area contributed by atoms with Crippen molar-refractivity contribution >= 4 is 44.1 Å². The van der Waals surface area contributed by atoms with E-state index in [0.29, 0.717) is 11.6 Å². The monoisotopic (exact) mass is 559 g/mol. The molecule has 10 heteroatoms. The van der Waals surface area contributed by atoms with Gasteiger partial charge in [-0.15, -0.1) is 0 Å². The summed E-state index contributed by atoms with van der Waals surface area (Å²) in [6.07, 6.45) is 1.82. The number of likely N-dealkylation sites (N-methyl/N-ethyl adjacent to an activating group) is 1. The van der Waals surface area contributed by atoms with Crippen LogP contribution >= 0.6 is 0 Å². The molecule has 1 saturated heterocycles. The van der Waals surface area contributed by atoms with Crippen LogP contribution in [0.4, 0.5) is 23.0 Å². The topological polar surface area (TPSA) is 108 Å². The first kappa shape index (κ1) is 27.8. The van der Waals surface area contributed by atoms with Gasteiger partial charge in [-0.05, 0) is 63.2 Å². The highest BCUT2D eigenvalue weighted by atomic mass is 32.2. The van der Waals surface area contributed by atoms with E-state index in [9.17, 15) is 8.42 Å². The Morgan fingerprint density at radius 2 is 1.68 bits per heavy atom. The average Bonchev–Trinajstić information content (AvgIpc) is 2.92. The highest BCUT2D eigenvalue weighted by Crippen LogP contribution is 2.32. The van der Waals surface area contributed by atoms with Gasteiger partial charge in [0.15, 0.2) is 0 Å². The van der Waals surface area contributed by atoms with Gasteiger partial charge in [0.25, 0.3) is 10.2 Å². The summed E-state index contributed by atoms with van der Waals surface area (Å²) < 4.78 is 25.8. The van der Waals surface area contributed by atoms with Gasteiger partial charge in [0.2, 0.25) is 5.95 Å². The van der Waals surface area contributed by atoms with Crippen LogP contribution in [0.2, 0.25) is 0 Å². The molecule has 3 N–H and O–H groups in total. The van der Waals surface area contributed by atoms with Gasteiger partial charge in [-0.3, -0.25) is 4.31 Å². The van der Waals surface area contributed by atoms with Crippen LogP contribution in [0.15, 0.2) is 72.9 Å². The van der Waals surface area contributed by atoms with E-state index in [1.54, 1.807) is 12.1 Å². The molecule has 0 atom stereocenters. The Morgan fingerprint density at radius 1 is 0.975 bits per heavy atom. The number of anilines is 4. The van der Waals surface area contributed by atoms with E-state index < -0.39 is 15.7 Å². The lowest BCUT2D eigenvalue weighted by Crippen LogP contribution is -2.49. The molecular weight excluding hydrogens is 522 g/mol. The molecule has 5 rings (SSSR count). The van der Waals surface area contributed by atoms with Crippen molar-refractivity contribution in [3.8, 4) is 11.1 Å². The molecule has 0 aliphatic carbocycles. The lowest BCUT2D eigenvalue weighted by Gasteiger charge is -2.35. The molecule has 210 valence electrons. The number of rotatable bonds is 7. The van der Waals surface area contributed by atoms with Crippen LogP contribution in [0.3, 0.4) is 0 Å². The van der Waals surface area contributed by atoms with Crippen molar-refractivity contribution in [3.05, 3.63) is 72.9 Å². The van der Waals surface area contributed by atoms with Gasteiger partial charge in [0.1, 0.15) is 0 Å². The minimum absolute atomic E-state index is 0.506. The van der Waals surface area contributed by atoms with Crippen LogP contribution in [0, 0.1) is 0 Å². The molecule has 0 saturated carbocycles. The first-order valence-electron chi connectivity index (χ1n) is 13.6. The summed E-state index contributed by atoms with van der Waals surface area (Å²) >= 11 is 0. The second-order valence-electron chi connectivity index (χ2n) is 11.1. The van der Waals surface area contributed by atoms with E-state index in [-0.39, 0.29) is 0 Å². The normalized spacial score (nSPS) is 14.9. The maximum atomic E-state index is 12.3. The number of nitrogens with one attached hydrogen (secondary N) is 1. The molecular formula is C30H37N7O2S. The molecule has 9 nitrogen and oxygen atoms in total. The molecule has 3 aromatic carbocycles. The van der Waals surface area contributed by atoms with Crippen molar-refractivity contribution in [2.45, 2.75) is 33.2 Å². The average molecular weight is 560 g/mol. The van der Waals surface area contributed by atoms with E-state index in [0.717, 1.165) is 60.4 Å². The SMILES string of the molecule is CCN1CCN(c2cccc(Nc3ncc4cccc(-c5ccc(N(C(C)(C)C)S(N)(=O)=O)cc5)c4n3)c2)CC1. The summed E-state index contributed by atoms with van der Waals surface area (Å²) in [4.78, 5) is 14.3. The number of fused-ring (bicyclic) bond motifs is 1. The van der Waals surface area contributed by atoms with Gasteiger partial charge in [-0.25, -0.2) is 15.1 Å². The third-order valence-electron chi connectivity index (χ3n) is 7.17. The summed E-state index contributed by atoms with van der Waals surface area (Å²) in [6.45, 7) is 12.9. The Hall–Kier alpha value is -3.73. The number of hydrogen-bond acceptors (Lipinski definition) is 7. The Morgan fingerprint density at radius 3 is 2.33 bits per heavy atom. The number of para-hydroxylation sites is 1. The van der Waals surface area contributed by atoms with E-state index in [2.05, 4.69) is 45.2 Å². The minimum Gasteiger partial charge on any atom is -0.369 e. The highest BCUT2D eigenvalue weighted by Gasteiger charge is 2.30. The van der Waals surface area contributed by atoms with Crippen LogP contribution < -0.4 is 19.7 Å². The zero-order chi connectivity index (χ0) is 28.5. The summed E-state index contributed by atoms with van der Waals surface area (Å²) in [7, 11) is -3.94. The Labute approximate surface area is 236 Å². The molecule has 0 spiro atoms. The van der Waals surface area contributed by atoms with Crippen LogP contribution in [-0.4, -0.2) is 61.5 Å². The third kappa shape index (κ3) is 6.04. The second-order valence-corrected chi connectivity index (χ2v) is 12.5. The summed E-state index contributed by atoms with van der Waals surface area (Å²) in [6, 6.07) is 21.7. The Balaban J connectivity index is 1.42. The van der Waals surface area contributed by atoms with Crippen LogP contribution in [0.5, 0.6) is 0 Å². The lowest BCUT2D eigenvalue weighted by molar-refractivity contribution is 0.271. The predicted molar refractivity (Wildman–Crippen MR) is 164 cm³/mol. The molecule has 0 bridgehead atoms. The maximum Gasteiger partial charge on any atom is 0.299 e. The fourth-order valence-corrected chi connectivity index (χ4v) is 6.45. The molecule has 4 aromatic rings.